The maximum absolute atomic E-state index is 9.93. The van der Waals surface area contributed by atoms with E-state index in [1.54, 1.807) is 0 Å². The Kier molecular flexibility index (Phi) is 22.5. The molecule has 0 fully saturated rings. The van der Waals surface area contributed by atoms with Gasteiger partial charge in [-0.05, 0) is 12.8 Å². The van der Waals surface area contributed by atoms with Crippen LogP contribution in [0.3, 0.4) is 0 Å². The van der Waals surface area contributed by atoms with E-state index in [9.17, 15) is 19.8 Å². The summed E-state index contributed by atoms with van der Waals surface area (Å²) in [6, 6.07) is 0. The third-order valence-corrected chi connectivity index (χ3v) is 2.71. The number of carboxylic acid groups (broad SMARTS) is 2. The summed E-state index contributed by atoms with van der Waals surface area (Å²) in [6.07, 6.45) is 3.58. The smallest absolute Gasteiger partial charge is 0.547 e. The molecule has 2 unspecified atom stereocenters. The minimum absolute atomic E-state index is 0. The van der Waals surface area contributed by atoms with Gasteiger partial charge in [-0.3, -0.25) is 0 Å². The molecule has 0 radical (unpaired) electrons. The van der Waals surface area contributed by atoms with Gasteiger partial charge in [0.05, 0.1) is 24.1 Å². The number of carbonyl (C=O) groups is 2. The standard InChI is InChI=1S/2C7H14O3.Ca/c2*1-2-3-4-5-6(8)7(9)10;/h2*6,8H,2-5H2,1H3,(H,9,10);/q;;+2/p-2. The Morgan fingerprint density at radius 3 is 1.29 bits per heavy atom. The number of hydrogen-bond acceptors (Lipinski definition) is 6. The van der Waals surface area contributed by atoms with Crippen LogP contribution in [0.4, 0.5) is 0 Å². The summed E-state index contributed by atoms with van der Waals surface area (Å²) in [7, 11) is 0. The molecule has 0 spiro atoms. The van der Waals surface area contributed by atoms with Crippen molar-refractivity contribution in [2.45, 2.75) is 77.4 Å². The van der Waals surface area contributed by atoms with Crippen molar-refractivity contribution < 1.29 is 30.0 Å². The van der Waals surface area contributed by atoms with Gasteiger partial charge in [0.2, 0.25) is 0 Å². The van der Waals surface area contributed by atoms with Gasteiger partial charge >= 0.3 is 37.7 Å². The molecule has 21 heavy (non-hydrogen) atoms. The third-order valence-electron chi connectivity index (χ3n) is 2.71. The summed E-state index contributed by atoms with van der Waals surface area (Å²) >= 11 is 0. The first-order valence-electron chi connectivity index (χ1n) is 7.14. The molecule has 6 nitrogen and oxygen atoms in total. The summed E-state index contributed by atoms with van der Waals surface area (Å²) in [5.74, 6) is -2.73. The number of aliphatic carboxylic acids is 2. The van der Waals surface area contributed by atoms with Crippen LogP contribution in [0.15, 0.2) is 0 Å². The second-order valence-electron chi connectivity index (χ2n) is 4.66. The zero-order chi connectivity index (χ0) is 16.0. The molecule has 0 aromatic carbocycles. The van der Waals surface area contributed by atoms with E-state index < -0.39 is 24.1 Å². The fourth-order valence-electron chi connectivity index (χ4n) is 1.41. The van der Waals surface area contributed by atoms with Crippen molar-refractivity contribution in [2.24, 2.45) is 0 Å². The molecule has 0 aliphatic carbocycles. The van der Waals surface area contributed by atoms with Gasteiger partial charge in [-0.25, -0.2) is 0 Å². The molecule has 0 rings (SSSR count). The Bertz CT molecular complexity index is 234. The van der Waals surface area contributed by atoms with Crippen LogP contribution in [0.5, 0.6) is 0 Å². The molecule has 120 valence electrons. The minimum atomic E-state index is -1.36. The molecule has 0 aliphatic rings. The van der Waals surface area contributed by atoms with Crippen molar-refractivity contribution in [1.29, 1.82) is 0 Å². The van der Waals surface area contributed by atoms with Crippen molar-refractivity contribution in [2.75, 3.05) is 0 Å². The summed E-state index contributed by atoms with van der Waals surface area (Å²) in [5.41, 5.74) is 0. The minimum Gasteiger partial charge on any atom is -0.547 e. The Hall–Kier alpha value is 0.120. The fourth-order valence-corrected chi connectivity index (χ4v) is 1.41. The maximum Gasteiger partial charge on any atom is 2.00 e. The summed E-state index contributed by atoms with van der Waals surface area (Å²) in [6.45, 7) is 4.04. The van der Waals surface area contributed by atoms with Gasteiger partial charge in [-0.1, -0.05) is 52.4 Å². The van der Waals surface area contributed by atoms with Gasteiger partial charge in [-0.2, -0.15) is 0 Å². The molecule has 0 heterocycles. The quantitative estimate of drug-likeness (QED) is 0.390. The monoisotopic (exact) mass is 330 g/mol. The first-order valence-corrected chi connectivity index (χ1v) is 7.14. The topological polar surface area (TPSA) is 121 Å². The zero-order valence-corrected chi connectivity index (χ0v) is 15.3. The molecule has 0 aliphatic heterocycles. The summed E-state index contributed by atoms with van der Waals surface area (Å²) in [4.78, 5) is 19.9. The first-order chi connectivity index (χ1) is 9.36. The molecule has 0 aromatic rings. The Balaban J connectivity index is -0.000000295. The number of aliphatic hydroxyl groups is 2. The van der Waals surface area contributed by atoms with Gasteiger partial charge in [0.25, 0.3) is 0 Å². The van der Waals surface area contributed by atoms with E-state index in [0.717, 1.165) is 38.5 Å². The molecule has 0 saturated heterocycles. The normalized spacial score (nSPS) is 12.4. The predicted octanol–water partition coefficient (Wildman–Crippen LogP) is -1.03. The van der Waals surface area contributed by atoms with Crippen LogP contribution in [0.1, 0.15) is 65.2 Å². The van der Waals surface area contributed by atoms with E-state index in [4.69, 9.17) is 10.2 Å². The van der Waals surface area contributed by atoms with Crippen LogP contribution < -0.4 is 10.2 Å². The van der Waals surface area contributed by atoms with Crippen molar-refractivity contribution in [3.8, 4) is 0 Å². The van der Waals surface area contributed by atoms with Crippen LogP contribution in [-0.2, 0) is 9.59 Å². The molecule has 7 heteroatoms. The third kappa shape index (κ3) is 20.1. The first kappa shape index (κ1) is 26.0. The van der Waals surface area contributed by atoms with E-state index in [2.05, 4.69) is 0 Å². The average Bonchev–Trinajstić information content (AvgIpc) is 2.39. The van der Waals surface area contributed by atoms with E-state index in [0.29, 0.717) is 12.8 Å². The van der Waals surface area contributed by atoms with Crippen molar-refractivity contribution >= 4 is 49.7 Å². The van der Waals surface area contributed by atoms with Gasteiger partial charge < -0.3 is 30.0 Å². The van der Waals surface area contributed by atoms with Crippen LogP contribution in [0.25, 0.3) is 0 Å². The Morgan fingerprint density at radius 1 is 0.810 bits per heavy atom. The number of carbonyl (C=O) groups excluding carboxylic acids is 2. The molecular formula is C14H26CaO6. The van der Waals surface area contributed by atoms with E-state index in [1.165, 1.54) is 0 Å². The molecular weight excluding hydrogens is 304 g/mol. The second-order valence-corrected chi connectivity index (χ2v) is 4.66. The zero-order valence-electron chi connectivity index (χ0n) is 13.0. The molecule has 0 aromatic heterocycles. The SMILES string of the molecule is CCCCCC(O)C(=O)[O-].CCCCCC(O)C(=O)[O-].[Ca+2]. The number of unbranched alkanes of at least 4 members (excludes halogenated alkanes) is 4. The van der Waals surface area contributed by atoms with Crippen LogP contribution >= 0.6 is 0 Å². The fraction of sp³-hybridized carbons (Fsp3) is 0.857. The molecule has 0 saturated carbocycles. The van der Waals surface area contributed by atoms with Crippen molar-refractivity contribution in [3.05, 3.63) is 0 Å². The molecule has 2 atom stereocenters. The second kappa shape index (κ2) is 18.2. The van der Waals surface area contributed by atoms with E-state index >= 15 is 0 Å². The molecule has 0 amide bonds. The number of aliphatic hydroxyl groups excluding tert-OH is 2. The largest absolute Gasteiger partial charge is 2.00 e. The maximum atomic E-state index is 9.93. The summed E-state index contributed by atoms with van der Waals surface area (Å²) < 4.78 is 0. The van der Waals surface area contributed by atoms with Crippen LogP contribution in [-0.4, -0.2) is 72.1 Å². The number of hydrogen-bond donors (Lipinski definition) is 2. The van der Waals surface area contributed by atoms with E-state index in [1.807, 2.05) is 13.8 Å². The van der Waals surface area contributed by atoms with Gasteiger partial charge in [0.15, 0.2) is 0 Å². The number of rotatable bonds is 10. The van der Waals surface area contributed by atoms with Gasteiger partial charge in [0.1, 0.15) is 0 Å². The van der Waals surface area contributed by atoms with Gasteiger partial charge in [-0.15, -0.1) is 0 Å². The average molecular weight is 330 g/mol. The van der Waals surface area contributed by atoms with Crippen molar-refractivity contribution in [1.82, 2.24) is 0 Å². The van der Waals surface area contributed by atoms with E-state index in [-0.39, 0.29) is 37.7 Å². The molecule has 2 N–H and O–H groups in total. The van der Waals surface area contributed by atoms with Gasteiger partial charge in [0, 0.05) is 0 Å². The Morgan fingerprint density at radius 2 is 1.10 bits per heavy atom. The number of carboxylic acids is 2. The Labute approximate surface area is 156 Å². The van der Waals surface area contributed by atoms with Crippen molar-refractivity contribution in [3.63, 3.8) is 0 Å². The predicted molar refractivity (Wildman–Crippen MR) is 76.1 cm³/mol. The summed E-state index contributed by atoms with van der Waals surface area (Å²) in [5, 5.41) is 37.2. The molecule has 0 bridgehead atoms. The van der Waals surface area contributed by atoms with Crippen LogP contribution in [0, 0.1) is 0 Å². The van der Waals surface area contributed by atoms with Crippen LogP contribution in [0.2, 0.25) is 0 Å².